The van der Waals surface area contributed by atoms with Crippen molar-refractivity contribution in [2.24, 2.45) is 11.8 Å². The lowest BCUT2D eigenvalue weighted by atomic mass is 10.1. The molecule has 0 radical (unpaired) electrons. The molecule has 0 aliphatic heterocycles. The normalized spacial score (nSPS) is 19.1. The molecule has 0 unspecified atom stereocenters. The lowest BCUT2D eigenvalue weighted by Crippen LogP contribution is -2.30. The highest BCUT2D eigenvalue weighted by Crippen LogP contribution is 2.36. The molecule has 0 amide bonds. The molecule has 0 N–H and O–H groups in total. The summed E-state index contributed by atoms with van der Waals surface area (Å²) >= 11 is 6.03. The van der Waals surface area contributed by atoms with Crippen molar-refractivity contribution in [3.05, 3.63) is 16.3 Å². The van der Waals surface area contributed by atoms with Gasteiger partial charge in [0.05, 0.1) is 0 Å². The summed E-state index contributed by atoms with van der Waals surface area (Å²) in [7, 11) is 0. The molecule has 18 heavy (non-hydrogen) atoms. The zero-order valence-corrected chi connectivity index (χ0v) is 11.9. The van der Waals surface area contributed by atoms with Crippen LogP contribution in [0.2, 0.25) is 5.15 Å². The van der Waals surface area contributed by atoms with E-state index in [1.807, 2.05) is 6.92 Å². The van der Waals surface area contributed by atoms with Crippen molar-refractivity contribution in [2.45, 2.75) is 39.5 Å². The van der Waals surface area contributed by atoms with Crippen LogP contribution in [0.5, 0.6) is 0 Å². The Labute approximate surface area is 114 Å². The lowest BCUT2D eigenvalue weighted by Gasteiger charge is -2.25. The van der Waals surface area contributed by atoms with E-state index < -0.39 is 0 Å². The first kappa shape index (κ1) is 12.2. The third-order valence-electron chi connectivity index (χ3n) is 4.09. The van der Waals surface area contributed by atoms with Crippen LogP contribution in [0.3, 0.4) is 0 Å². The van der Waals surface area contributed by atoms with Crippen molar-refractivity contribution in [3.8, 4) is 0 Å². The average Bonchev–Trinajstić information content (AvgIpc) is 3.21. The van der Waals surface area contributed by atoms with Crippen LogP contribution in [0.25, 0.3) is 0 Å². The summed E-state index contributed by atoms with van der Waals surface area (Å²) < 4.78 is 0. The fraction of sp³-hybridized carbons (Fsp3) is 0.714. The first-order valence-corrected chi connectivity index (χ1v) is 7.27. The predicted molar refractivity (Wildman–Crippen MR) is 74.2 cm³/mol. The number of nitrogens with zero attached hydrogens (tertiary/aromatic N) is 3. The van der Waals surface area contributed by atoms with Gasteiger partial charge in [0.2, 0.25) is 0 Å². The fourth-order valence-corrected chi connectivity index (χ4v) is 2.52. The minimum Gasteiger partial charge on any atom is -0.354 e. The van der Waals surface area contributed by atoms with Crippen molar-refractivity contribution in [2.75, 3.05) is 18.0 Å². The Morgan fingerprint density at radius 1 is 1.00 bits per heavy atom. The largest absolute Gasteiger partial charge is 0.354 e. The number of rotatable bonds is 5. The number of halogens is 1. The van der Waals surface area contributed by atoms with Crippen LogP contribution >= 0.6 is 11.6 Å². The minimum atomic E-state index is 0.536. The molecule has 1 aromatic heterocycles. The van der Waals surface area contributed by atoms with Gasteiger partial charge in [-0.3, -0.25) is 0 Å². The van der Waals surface area contributed by atoms with E-state index in [0.717, 1.165) is 36.3 Å². The van der Waals surface area contributed by atoms with Crippen LogP contribution in [-0.2, 0) is 0 Å². The van der Waals surface area contributed by atoms with Gasteiger partial charge in [-0.05, 0) is 62.5 Å². The van der Waals surface area contributed by atoms with E-state index in [1.54, 1.807) is 0 Å². The van der Waals surface area contributed by atoms with Gasteiger partial charge in [0.25, 0.3) is 0 Å². The molecule has 4 heteroatoms. The average molecular weight is 266 g/mol. The highest BCUT2D eigenvalue weighted by Gasteiger charge is 2.30. The summed E-state index contributed by atoms with van der Waals surface area (Å²) in [5.41, 5.74) is 2.26. The maximum absolute atomic E-state index is 6.03. The van der Waals surface area contributed by atoms with Gasteiger partial charge in [-0.25, -0.2) is 0 Å². The van der Waals surface area contributed by atoms with Gasteiger partial charge in [0.15, 0.2) is 11.0 Å². The first-order chi connectivity index (χ1) is 8.65. The molecule has 1 heterocycles. The Kier molecular flexibility index (Phi) is 3.18. The summed E-state index contributed by atoms with van der Waals surface area (Å²) in [6.07, 6.45) is 5.50. The maximum Gasteiger partial charge on any atom is 0.155 e. The summed E-state index contributed by atoms with van der Waals surface area (Å²) in [5, 5.41) is 8.97. The molecule has 1 aromatic rings. The summed E-state index contributed by atoms with van der Waals surface area (Å²) in [6.45, 7) is 6.43. The zero-order valence-electron chi connectivity index (χ0n) is 11.1. The molecular formula is C14H20ClN3. The van der Waals surface area contributed by atoms with Gasteiger partial charge < -0.3 is 4.90 Å². The van der Waals surface area contributed by atoms with E-state index in [4.69, 9.17) is 11.6 Å². The van der Waals surface area contributed by atoms with Gasteiger partial charge >= 0.3 is 0 Å². The third kappa shape index (κ3) is 2.61. The van der Waals surface area contributed by atoms with E-state index in [2.05, 4.69) is 22.0 Å². The van der Waals surface area contributed by atoms with Crippen molar-refractivity contribution in [3.63, 3.8) is 0 Å². The van der Waals surface area contributed by atoms with Crippen LogP contribution in [0.15, 0.2) is 0 Å². The third-order valence-corrected chi connectivity index (χ3v) is 4.45. The standard InChI is InChI=1S/C14H20ClN3/c1-9-10(2)14(17-16-13(9)15)18(7-11-3-4-11)8-12-5-6-12/h11-12H,3-8H2,1-2H3. The van der Waals surface area contributed by atoms with Crippen LogP contribution in [0, 0.1) is 25.7 Å². The Morgan fingerprint density at radius 3 is 2.06 bits per heavy atom. The van der Waals surface area contributed by atoms with E-state index in [9.17, 15) is 0 Å². The van der Waals surface area contributed by atoms with Crippen molar-refractivity contribution in [1.82, 2.24) is 10.2 Å². The van der Waals surface area contributed by atoms with Crippen molar-refractivity contribution < 1.29 is 0 Å². The smallest absolute Gasteiger partial charge is 0.155 e. The second-order valence-electron chi connectivity index (χ2n) is 5.86. The van der Waals surface area contributed by atoms with Gasteiger partial charge in [-0.1, -0.05) is 11.6 Å². The minimum absolute atomic E-state index is 0.536. The Balaban J connectivity index is 1.84. The molecule has 3 rings (SSSR count). The molecule has 0 saturated heterocycles. The Hall–Kier alpha value is -0.830. The van der Waals surface area contributed by atoms with Crippen LogP contribution in [-0.4, -0.2) is 23.3 Å². The van der Waals surface area contributed by atoms with E-state index in [0.29, 0.717) is 5.15 Å². The van der Waals surface area contributed by atoms with Crippen molar-refractivity contribution in [1.29, 1.82) is 0 Å². The van der Waals surface area contributed by atoms with Gasteiger partial charge in [0, 0.05) is 13.1 Å². The predicted octanol–water partition coefficient (Wildman–Crippen LogP) is 3.37. The second kappa shape index (κ2) is 4.69. The number of hydrogen-bond acceptors (Lipinski definition) is 3. The van der Waals surface area contributed by atoms with Crippen molar-refractivity contribution >= 4 is 17.4 Å². The number of anilines is 1. The maximum atomic E-state index is 6.03. The molecule has 0 aromatic carbocycles. The molecule has 2 aliphatic carbocycles. The molecule has 0 spiro atoms. The molecule has 2 aliphatic rings. The van der Waals surface area contributed by atoms with Crippen LogP contribution < -0.4 is 4.90 Å². The second-order valence-corrected chi connectivity index (χ2v) is 6.21. The molecule has 0 bridgehead atoms. The Bertz CT molecular complexity index is 439. The van der Waals surface area contributed by atoms with Gasteiger partial charge in [0.1, 0.15) is 0 Å². The zero-order chi connectivity index (χ0) is 12.7. The summed E-state index contributed by atoms with van der Waals surface area (Å²) in [4.78, 5) is 2.45. The highest BCUT2D eigenvalue weighted by molar-refractivity contribution is 6.30. The van der Waals surface area contributed by atoms with Gasteiger partial charge in [-0.2, -0.15) is 0 Å². The van der Waals surface area contributed by atoms with E-state index >= 15 is 0 Å². The quantitative estimate of drug-likeness (QED) is 0.817. The monoisotopic (exact) mass is 265 g/mol. The molecule has 2 fully saturated rings. The van der Waals surface area contributed by atoms with Gasteiger partial charge in [-0.15, -0.1) is 10.2 Å². The first-order valence-electron chi connectivity index (χ1n) is 6.89. The fourth-order valence-electron chi connectivity index (χ4n) is 2.34. The summed E-state index contributed by atoms with van der Waals surface area (Å²) in [6, 6.07) is 0. The Morgan fingerprint density at radius 2 is 1.56 bits per heavy atom. The topological polar surface area (TPSA) is 29.0 Å². The number of aromatic nitrogens is 2. The molecule has 98 valence electrons. The van der Waals surface area contributed by atoms with E-state index in [1.165, 1.54) is 31.2 Å². The molecular weight excluding hydrogens is 246 g/mol. The highest BCUT2D eigenvalue weighted by atomic mass is 35.5. The summed E-state index contributed by atoms with van der Waals surface area (Å²) in [5.74, 6) is 2.80. The number of hydrogen-bond donors (Lipinski definition) is 0. The molecule has 0 atom stereocenters. The SMILES string of the molecule is Cc1c(Cl)nnc(N(CC2CC2)CC2CC2)c1C. The molecule has 3 nitrogen and oxygen atoms in total. The van der Waals surface area contributed by atoms with Crippen LogP contribution in [0.4, 0.5) is 5.82 Å². The van der Waals surface area contributed by atoms with Crippen LogP contribution in [0.1, 0.15) is 36.8 Å². The molecule has 2 saturated carbocycles. The van der Waals surface area contributed by atoms with E-state index in [-0.39, 0.29) is 0 Å². The lowest BCUT2D eigenvalue weighted by molar-refractivity contribution is 0.663.